The number of benzene rings is 4. The number of halogens is 1. The van der Waals surface area contributed by atoms with E-state index in [2.05, 4.69) is 38.7 Å². The van der Waals surface area contributed by atoms with Crippen molar-refractivity contribution in [2.75, 3.05) is 17.2 Å². The molecule has 0 spiro atoms. The highest BCUT2D eigenvalue weighted by Gasteiger charge is 2.11. The summed E-state index contributed by atoms with van der Waals surface area (Å²) in [5.74, 6) is 0.278. The van der Waals surface area contributed by atoms with E-state index in [1.54, 1.807) is 48.5 Å². The van der Waals surface area contributed by atoms with Crippen LogP contribution in [-0.2, 0) is 6.42 Å². The molecule has 6 heteroatoms. The topological polar surface area (TPSA) is 67.4 Å². The molecule has 5 nitrogen and oxygen atoms in total. The molecule has 0 unspecified atom stereocenters. The summed E-state index contributed by atoms with van der Waals surface area (Å²) in [6, 6.07) is 29.8. The number of hydrogen-bond donors (Lipinski definition) is 2. The van der Waals surface area contributed by atoms with Crippen LogP contribution in [0.3, 0.4) is 0 Å². The van der Waals surface area contributed by atoms with Gasteiger partial charge in [0.1, 0.15) is 5.75 Å². The molecule has 0 fully saturated rings. The Morgan fingerprint density at radius 2 is 1.40 bits per heavy atom. The van der Waals surface area contributed by atoms with Gasteiger partial charge >= 0.3 is 0 Å². The first-order chi connectivity index (χ1) is 17.0. The van der Waals surface area contributed by atoms with Gasteiger partial charge in [0.05, 0.1) is 11.1 Å². The monoisotopic (exact) mass is 528 g/mol. The lowest BCUT2D eigenvalue weighted by atomic mass is 10.1. The molecule has 2 amide bonds. The Hall–Kier alpha value is -3.90. The number of amides is 2. The predicted octanol–water partition coefficient (Wildman–Crippen LogP) is 6.88. The smallest absolute Gasteiger partial charge is 0.255 e. The number of carbonyl (C=O) groups is 2. The van der Waals surface area contributed by atoms with Gasteiger partial charge in [-0.05, 0) is 82.5 Å². The van der Waals surface area contributed by atoms with Crippen LogP contribution in [0.15, 0.2) is 102 Å². The number of hydrogen-bond acceptors (Lipinski definition) is 3. The summed E-state index contributed by atoms with van der Waals surface area (Å²) < 4.78 is 6.58. The van der Waals surface area contributed by atoms with Gasteiger partial charge in [0, 0.05) is 28.9 Å². The quantitative estimate of drug-likeness (QED) is 0.261. The fourth-order valence-corrected chi connectivity index (χ4v) is 4.04. The van der Waals surface area contributed by atoms with E-state index in [1.807, 2.05) is 43.3 Å². The van der Waals surface area contributed by atoms with Crippen molar-refractivity contribution in [3.05, 3.63) is 124 Å². The van der Waals surface area contributed by atoms with E-state index < -0.39 is 0 Å². The molecular formula is C29H25BrN2O3. The summed E-state index contributed by atoms with van der Waals surface area (Å²) in [7, 11) is 0. The van der Waals surface area contributed by atoms with Crippen molar-refractivity contribution in [2.24, 2.45) is 0 Å². The first kappa shape index (κ1) is 24.2. The van der Waals surface area contributed by atoms with Crippen LogP contribution in [-0.4, -0.2) is 18.4 Å². The van der Waals surface area contributed by atoms with Crippen LogP contribution < -0.4 is 15.4 Å². The maximum atomic E-state index is 12.7. The van der Waals surface area contributed by atoms with Crippen LogP contribution in [0, 0.1) is 6.92 Å². The van der Waals surface area contributed by atoms with E-state index in [9.17, 15) is 9.59 Å². The number of anilines is 2. The zero-order valence-electron chi connectivity index (χ0n) is 19.3. The Balaban J connectivity index is 1.32. The summed E-state index contributed by atoms with van der Waals surface area (Å²) >= 11 is 3.50. The van der Waals surface area contributed by atoms with Crippen molar-refractivity contribution in [2.45, 2.75) is 13.3 Å². The molecule has 4 rings (SSSR count). The van der Waals surface area contributed by atoms with Crippen molar-refractivity contribution >= 4 is 39.1 Å². The van der Waals surface area contributed by atoms with Gasteiger partial charge in [-0.2, -0.15) is 0 Å². The molecule has 0 aliphatic rings. The third-order valence-corrected chi connectivity index (χ3v) is 6.10. The van der Waals surface area contributed by atoms with Crippen LogP contribution in [0.2, 0.25) is 0 Å². The van der Waals surface area contributed by atoms with Crippen molar-refractivity contribution in [1.82, 2.24) is 0 Å². The van der Waals surface area contributed by atoms with Crippen molar-refractivity contribution in [3.63, 3.8) is 0 Å². The highest BCUT2D eigenvalue weighted by atomic mass is 79.9. The Kier molecular flexibility index (Phi) is 7.95. The van der Waals surface area contributed by atoms with E-state index >= 15 is 0 Å². The van der Waals surface area contributed by atoms with Crippen LogP contribution in [0.1, 0.15) is 31.8 Å². The summed E-state index contributed by atoms with van der Waals surface area (Å²) in [6.07, 6.45) is 0.803. The second kappa shape index (κ2) is 11.5. The molecule has 176 valence electrons. The van der Waals surface area contributed by atoms with Gasteiger partial charge in [0.25, 0.3) is 11.8 Å². The molecule has 35 heavy (non-hydrogen) atoms. The van der Waals surface area contributed by atoms with Crippen molar-refractivity contribution < 1.29 is 14.3 Å². The highest BCUT2D eigenvalue weighted by molar-refractivity contribution is 9.10. The van der Waals surface area contributed by atoms with E-state index in [4.69, 9.17) is 4.74 Å². The second-order valence-corrected chi connectivity index (χ2v) is 8.88. The van der Waals surface area contributed by atoms with Gasteiger partial charge in [-0.1, -0.05) is 48.5 Å². The normalized spacial score (nSPS) is 10.5. The van der Waals surface area contributed by atoms with Crippen LogP contribution in [0.4, 0.5) is 11.4 Å². The lowest BCUT2D eigenvalue weighted by molar-refractivity contribution is 0.101. The highest BCUT2D eigenvalue weighted by Crippen LogP contribution is 2.27. The molecule has 2 N–H and O–H groups in total. The Bertz CT molecular complexity index is 1320. The molecule has 0 aliphatic heterocycles. The van der Waals surface area contributed by atoms with Crippen molar-refractivity contribution in [3.8, 4) is 5.75 Å². The van der Waals surface area contributed by atoms with Gasteiger partial charge in [0.2, 0.25) is 0 Å². The fraction of sp³-hybridized carbons (Fsp3) is 0.103. The van der Waals surface area contributed by atoms with Gasteiger partial charge in [-0.3, -0.25) is 9.59 Å². The minimum atomic E-state index is -0.238. The van der Waals surface area contributed by atoms with Gasteiger partial charge in [-0.15, -0.1) is 0 Å². The number of rotatable bonds is 8. The van der Waals surface area contributed by atoms with E-state index in [1.165, 1.54) is 5.56 Å². The summed E-state index contributed by atoms with van der Waals surface area (Å²) in [5.41, 5.74) is 4.53. The maximum absolute atomic E-state index is 12.7. The average Bonchev–Trinajstić information content (AvgIpc) is 2.87. The predicted molar refractivity (Wildman–Crippen MR) is 143 cm³/mol. The molecule has 0 aromatic heterocycles. The minimum absolute atomic E-state index is 0.171. The molecule has 4 aromatic carbocycles. The summed E-state index contributed by atoms with van der Waals surface area (Å²) in [5, 5.41) is 5.76. The summed E-state index contributed by atoms with van der Waals surface area (Å²) in [4.78, 5) is 25.2. The third-order valence-electron chi connectivity index (χ3n) is 5.48. The molecule has 0 saturated carbocycles. The summed E-state index contributed by atoms with van der Waals surface area (Å²) in [6.45, 7) is 2.44. The molecule has 0 heterocycles. The SMILES string of the molecule is Cc1ccccc1C(=O)Nc1ccc(NC(=O)c2ccc(OCCc3ccccc3)c(Br)c2)cc1. The Morgan fingerprint density at radius 3 is 2.06 bits per heavy atom. The third kappa shape index (κ3) is 6.58. The zero-order chi connectivity index (χ0) is 24.6. The number of ether oxygens (including phenoxy) is 1. The minimum Gasteiger partial charge on any atom is -0.492 e. The lowest BCUT2D eigenvalue weighted by Crippen LogP contribution is -2.14. The van der Waals surface area contributed by atoms with Crippen molar-refractivity contribution in [1.29, 1.82) is 0 Å². The van der Waals surface area contributed by atoms with Gasteiger partial charge in [-0.25, -0.2) is 0 Å². The fourth-order valence-electron chi connectivity index (χ4n) is 3.55. The largest absolute Gasteiger partial charge is 0.492 e. The second-order valence-electron chi connectivity index (χ2n) is 8.03. The first-order valence-corrected chi connectivity index (χ1v) is 12.0. The molecule has 0 atom stereocenters. The molecular weight excluding hydrogens is 504 g/mol. The van der Waals surface area contributed by atoms with Crippen LogP contribution in [0.5, 0.6) is 5.75 Å². The molecule has 0 bridgehead atoms. The van der Waals surface area contributed by atoms with E-state index in [-0.39, 0.29) is 11.8 Å². The van der Waals surface area contributed by atoms with E-state index in [0.717, 1.165) is 12.0 Å². The maximum Gasteiger partial charge on any atom is 0.255 e. The first-order valence-electron chi connectivity index (χ1n) is 11.2. The Morgan fingerprint density at radius 1 is 0.771 bits per heavy atom. The van der Waals surface area contributed by atoms with Crippen LogP contribution in [0.25, 0.3) is 0 Å². The number of carbonyl (C=O) groups excluding carboxylic acids is 2. The standard InChI is InChI=1S/C29H25BrN2O3/c1-20-7-5-6-10-25(20)29(34)32-24-14-12-23(13-15-24)31-28(33)22-11-16-27(26(30)19-22)35-18-17-21-8-3-2-4-9-21/h2-16,19H,17-18H2,1H3,(H,31,33)(H,32,34). The molecule has 0 aliphatic carbocycles. The van der Waals surface area contributed by atoms with E-state index in [0.29, 0.717) is 39.3 Å². The van der Waals surface area contributed by atoms with Crippen LogP contribution >= 0.6 is 15.9 Å². The number of aryl methyl sites for hydroxylation is 1. The lowest BCUT2D eigenvalue weighted by Gasteiger charge is -2.11. The van der Waals surface area contributed by atoms with Gasteiger partial charge < -0.3 is 15.4 Å². The molecule has 4 aromatic rings. The average molecular weight is 529 g/mol. The molecule has 0 radical (unpaired) electrons. The number of nitrogens with one attached hydrogen (secondary N) is 2. The van der Waals surface area contributed by atoms with Gasteiger partial charge in [0.15, 0.2) is 0 Å². The molecule has 0 saturated heterocycles. The Labute approximate surface area is 213 Å². The zero-order valence-corrected chi connectivity index (χ0v) is 20.8.